The summed E-state index contributed by atoms with van der Waals surface area (Å²) in [6.07, 6.45) is -2.90. The quantitative estimate of drug-likeness (QED) is 0.700. The fourth-order valence-corrected chi connectivity index (χ4v) is 2.46. The Bertz CT molecular complexity index is 445. The second kappa shape index (κ2) is 5.52. The molecule has 104 valence electrons. The van der Waals surface area contributed by atoms with Gasteiger partial charge in [0.25, 0.3) is 0 Å². The molecule has 0 saturated carbocycles. The normalized spacial score (nSPS) is 17.5. The van der Waals surface area contributed by atoms with Gasteiger partial charge in [0.05, 0.1) is 5.56 Å². The van der Waals surface area contributed by atoms with Crippen molar-refractivity contribution < 1.29 is 23.2 Å². The zero-order valence-electron chi connectivity index (χ0n) is 10.2. The van der Waals surface area contributed by atoms with Crippen LogP contribution < -0.4 is 10.8 Å². The van der Waals surface area contributed by atoms with Crippen molar-refractivity contribution in [2.45, 2.75) is 24.9 Å². The minimum Gasteiger partial charge on any atom is -0.423 e. The van der Waals surface area contributed by atoms with E-state index in [1.807, 2.05) is 0 Å². The van der Waals surface area contributed by atoms with E-state index >= 15 is 0 Å². The van der Waals surface area contributed by atoms with E-state index in [0.717, 1.165) is 37.6 Å². The Morgan fingerprint density at radius 2 is 1.79 bits per heavy atom. The number of rotatable bonds is 2. The minimum absolute atomic E-state index is 0.168. The molecule has 1 aromatic carbocycles. The van der Waals surface area contributed by atoms with E-state index in [0.29, 0.717) is 0 Å². The number of alkyl halides is 3. The van der Waals surface area contributed by atoms with Crippen molar-refractivity contribution in [1.82, 2.24) is 5.32 Å². The first-order valence-electron chi connectivity index (χ1n) is 6.17. The van der Waals surface area contributed by atoms with Crippen molar-refractivity contribution in [2.75, 3.05) is 13.1 Å². The molecule has 1 fully saturated rings. The second-order valence-electron chi connectivity index (χ2n) is 4.74. The molecule has 0 unspecified atom stereocenters. The Morgan fingerprint density at radius 1 is 1.16 bits per heavy atom. The van der Waals surface area contributed by atoms with E-state index in [-0.39, 0.29) is 5.92 Å². The first-order chi connectivity index (χ1) is 8.89. The average molecular weight is 273 g/mol. The fourth-order valence-electron chi connectivity index (χ4n) is 2.46. The molecular weight excluding hydrogens is 258 g/mol. The summed E-state index contributed by atoms with van der Waals surface area (Å²) in [6, 6.07) is 3.64. The summed E-state index contributed by atoms with van der Waals surface area (Å²) in [6.45, 7) is 1.64. The molecule has 1 saturated heterocycles. The lowest BCUT2D eigenvalue weighted by Crippen LogP contribution is -2.37. The maximum atomic E-state index is 12.8. The standard InChI is InChI=1S/C12H15BF3NO2/c14-12(15,16)10-2-1-9(7-11(10)13(18)19)8-3-5-17-6-4-8/h1-2,7-8,17-19H,3-6H2. The molecule has 7 heteroatoms. The largest absolute Gasteiger partial charge is 0.489 e. The van der Waals surface area contributed by atoms with Crippen LogP contribution in [-0.2, 0) is 6.18 Å². The molecule has 1 aliphatic rings. The van der Waals surface area contributed by atoms with Gasteiger partial charge in [0.15, 0.2) is 0 Å². The number of halogens is 3. The smallest absolute Gasteiger partial charge is 0.423 e. The van der Waals surface area contributed by atoms with Gasteiger partial charge in [-0.2, -0.15) is 13.2 Å². The van der Waals surface area contributed by atoms with Crippen LogP contribution in [0, 0.1) is 0 Å². The van der Waals surface area contributed by atoms with Crippen molar-refractivity contribution in [1.29, 1.82) is 0 Å². The molecule has 1 heterocycles. The minimum atomic E-state index is -4.58. The van der Waals surface area contributed by atoms with Gasteiger partial charge in [-0.15, -0.1) is 0 Å². The topological polar surface area (TPSA) is 52.5 Å². The van der Waals surface area contributed by atoms with Gasteiger partial charge in [-0.25, -0.2) is 0 Å². The Kier molecular flexibility index (Phi) is 4.18. The van der Waals surface area contributed by atoms with Crippen LogP contribution in [0.3, 0.4) is 0 Å². The van der Waals surface area contributed by atoms with Crippen molar-refractivity contribution in [2.24, 2.45) is 0 Å². The van der Waals surface area contributed by atoms with Crippen LogP contribution in [0.2, 0.25) is 0 Å². The molecule has 0 atom stereocenters. The van der Waals surface area contributed by atoms with Crippen LogP contribution in [0.25, 0.3) is 0 Å². The first-order valence-corrected chi connectivity index (χ1v) is 6.17. The molecule has 0 bridgehead atoms. The molecule has 1 aromatic rings. The molecule has 0 radical (unpaired) electrons. The monoisotopic (exact) mass is 273 g/mol. The maximum absolute atomic E-state index is 12.8. The van der Waals surface area contributed by atoms with E-state index in [2.05, 4.69) is 5.32 Å². The van der Waals surface area contributed by atoms with Crippen LogP contribution in [0.5, 0.6) is 0 Å². The maximum Gasteiger partial charge on any atom is 0.489 e. The van der Waals surface area contributed by atoms with Crippen LogP contribution in [-0.4, -0.2) is 30.3 Å². The van der Waals surface area contributed by atoms with Crippen molar-refractivity contribution >= 4 is 12.6 Å². The predicted octanol–water partition coefficient (Wildman–Crippen LogP) is 0.852. The van der Waals surface area contributed by atoms with Crippen LogP contribution in [0.1, 0.15) is 29.9 Å². The molecular formula is C12H15BF3NO2. The first kappa shape index (κ1) is 14.4. The Hall–Kier alpha value is -1.05. The highest BCUT2D eigenvalue weighted by Gasteiger charge is 2.36. The van der Waals surface area contributed by atoms with E-state index in [9.17, 15) is 13.2 Å². The van der Waals surface area contributed by atoms with E-state index in [1.54, 1.807) is 0 Å². The van der Waals surface area contributed by atoms with E-state index < -0.39 is 24.3 Å². The summed E-state index contributed by atoms with van der Waals surface area (Å²) in [5.74, 6) is 0.168. The molecule has 0 aromatic heterocycles. The summed E-state index contributed by atoms with van der Waals surface area (Å²) in [4.78, 5) is 0. The van der Waals surface area contributed by atoms with Crippen LogP contribution >= 0.6 is 0 Å². The SMILES string of the molecule is OB(O)c1cc(C2CCNCC2)ccc1C(F)(F)F. The van der Waals surface area contributed by atoms with E-state index in [4.69, 9.17) is 10.0 Å². The zero-order valence-corrected chi connectivity index (χ0v) is 10.2. The number of benzene rings is 1. The average Bonchev–Trinajstić information content (AvgIpc) is 2.38. The lowest BCUT2D eigenvalue weighted by Gasteiger charge is -2.24. The molecule has 0 aliphatic carbocycles. The van der Waals surface area contributed by atoms with Gasteiger partial charge in [0.2, 0.25) is 0 Å². The molecule has 2 rings (SSSR count). The van der Waals surface area contributed by atoms with Crippen molar-refractivity contribution in [3.05, 3.63) is 29.3 Å². The highest BCUT2D eigenvalue weighted by atomic mass is 19.4. The van der Waals surface area contributed by atoms with Gasteiger partial charge >= 0.3 is 13.3 Å². The van der Waals surface area contributed by atoms with Gasteiger partial charge in [-0.05, 0) is 42.9 Å². The molecule has 3 nitrogen and oxygen atoms in total. The fraction of sp³-hybridized carbons (Fsp3) is 0.500. The third kappa shape index (κ3) is 3.29. The molecule has 0 spiro atoms. The number of piperidine rings is 1. The van der Waals surface area contributed by atoms with Gasteiger partial charge in [-0.1, -0.05) is 18.2 Å². The predicted molar refractivity (Wildman–Crippen MR) is 66.1 cm³/mol. The third-order valence-corrected chi connectivity index (χ3v) is 3.47. The summed E-state index contributed by atoms with van der Waals surface area (Å²) in [5.41, 5.74) is -0.721. The summed E-state index contributed by atoms with van der Waals surface area (Å²) in [5, 5.41) is 21.4. The van der Waals surface area contributed by atoms with Crippen molar-refractivity contribution in [3.63, 3.8) is 0 Å². The van der Waals surface area contributed by atoms with Gasteiger partial charge < -0.3 is 15.4 Å². The number of hydrogen-bond acceptors (Lipinski definition) is 3. The van der Waals surface area contributed by atoms with Crippen LogP contribution in [0.4, 0.5) is 13.2 Å². The molecule has 0 amide bonds. The Morgan fingerprint density at radius 3 is 2.32 bits per heavy atom. The van der Waals surface area contributed by atoms with Crippen LogP contribution in [0.15, 0.2) is 18.2 Å². The lowest BCUT2D eigenvalue weighted by molar-refractivity contribution is -0.136. The third-order valence-electron chi connectivity index (χ3n) is 3.47. The lowest BCUT2D eigenvalue weighted by atomic mass is 9.74. The van der Waals surface area contributed by atoms with Crippen molar-refractivity contribution in [3.8, 4) is 0 Å². The highest BCUT2D eigenvalue weighted by Crippen LogP contribution is 2.31. The molecule has 19 heavy (non-hydrogen) atoms. The van der Waals surface area contributed by atoms with Gasteiger partial charge in [0, 0.05) is 0 Å². The number of nitrogens with one attached hydrogen (secondary N) is 1. The Balaban J connectivity index is 2.35. The van der Waals surface area contributed by atoms with Gasteiger partial charge in [0.1, 0.15) is 0 Å². The second-order valence-corrected chi connectivity index (χ2v) is 4.74. The summed E-state index contributed by atoms with van der Waals surface area (Å²) >= 11 is 0. The molecule has 1 aliphatic heterocycles. The highest BCUT2D eigenvalue weighted by molar-refractivity contribution is 6.59. The molecule has 3 N–H and O–H groups in total. The summed E-state index contributed by atoms with van der Waals surface area (Å²) < 4.78 is 38.3. The van der Waals surface area contributed by atoms with E-state index in [1.165, 1.54) is 12.1 Å². The zero-order chi connectivity index (χ0) is 14.0. The number of hydrogen-bond donors (Lipinski definition) is 3. The van der Waals surface area contributed by atoms with Gasteiger partial charge in [-0.3, -0.25) is 0 Å². The Labute approximate surface area is 109 Å². The summed E-state index contributed by atoms with van der Waals surface area (Å²) in [7, 11) is -2.11.